The van der Waals surface area contributed by atoms with Gasteiger partial charge in [0.15, 0.2) is 0 Å². The number of hydrogen-bond donors (Lipinski definition) is 1. The molecule has 0 amide bonds. The van der Waals surface area contributed by atoms with Crippen molar-refractivity contribution in [1.82, 2.24) is 10.2 Å². The summed E-state index contributed by atoms with van der Waals surface area (Å²) in [5, 5.41) is 3.30. The molecule has 3 nitrogen and oxygen atoms in total. The number of nitrogens with one attached hydrogen (secondary N) is 1. The van der Waals surface area contributed by atoms with Crippen LogP contribution in [0.2, 0.25) is 0 Å². The standard InChI is InChI=1S/C16H26FN3/c1-4-18-11-14-7-6-8-15(17)16(14)20-10-9-19(5-2)13(3)12-20/h6-8,13,18H,4-5,9-12H2,1-3H3. The highest BCUT2D eigenvalue weighted by atomic mass is 19.1. The summed E-state index contributed by atoms with van der Waals surface area (Å²) < 4.78 is 14.3. The molecule has 0 radical (unpaired) electrons. The van der Waals surface area contributed by atoms with Crippen molar-refractivity contribution in [1.29, 1.82) is 0 Å². The van der Waals surface area contributed by atoms with E-state index in [0.717, 1.165) is 50.5 Å². The first-order chi connectivity index (χ1) is 9.67. The quantitative estimate of drug-likeness (QED) is 0.893. The molecule has 112 valence electrons. The van der Waals surface area contributed by atoms with E-state index in [1.165, 1.54) is 0 Å². The zero-order valence-corrected chi connectivity index (χ0v) is 12.8. The number of halogens is 1. The van der Waals surface area contributed by atoms with E-state index in [2.05, 4.69) is 35.9 Å². The van der Waals surface area contributed by atoms with Crippen molar-refractivity contribution >= 4 is 5.69 Å². The van der Waals surface area contributed by atoms with Crippen LogP contribution < -0.4 is 10.2 Å². The Labute approximate surface area is 121 Å². The minimum absolute atomic E-state index is 0.0995. The van der Waals surface area contributed by atoms with Gasteiger partial charge in [-0.2, -0.15) is 0 Å². The van der Waals surface area contributed by atoms with Gasteiger partial charge in [-0.15, -0.1) is 0 Å². The van der Waals surface area contributed by atoms with Gasteiger partial charge in [0, 0.05) is 32.2 Å². The maximum absolute atomic E-state index is 14.3. The van der Waals surface area contributed by atoms with Gasteiger partial charge in [-0.3, -0.25) is 4.90 Å². The van der Waals surface area contributed by atoms with Crippen molar-refractivity contribution in [3.8, 4) is 0 Å². The van der Waals surface area contributed by atoms with E-state index in [-0.39, 0.29) is 5.82 Å². The van der Waals surface area contributed by atoms with E-state index >= 15 is 0 Å². The minimum atomic E-state index is -0.0995. The second-order valence-corrected chi connectivity index (χ2v) is 5.45. The lowest BCUT2D eigenvalue weighted by atomic mass is 10.1. The summed E-state index contributed by atoms with van der Waals surface area (Å²) in [7, 11) is 0. The van der Waals surface area contributed by atoms with Gasteiger partial charge in [0.25, 0.3) is 0 Å². The summed E-state index contributed by atoms with van der Waals surface area (Å²) in [5.74, 6) is -0.0995. The molecule has 1 fully saturated rings. The number of hydrogen-bond acceptors (Lipinski definition) is 3. The van der Waals surface area contributed by atoms with Crippen LogP contribution in [0.3, 0.4) is 0 Å². The molecule has 4 heteroatoms. The molecule has 0 bridgehead atoms. The van der Waals surface area contributed by atoms with Gasteiger partial charge in [-0.05, 0) is 31.6 Å². The third-order valence-electron chi connectivity index (χ3n) is 4.12. The van der Waals surface area contributed by atoms with Crippen molar-refractivity contribution in [2.24, 2.45) is 0 Å². The molecule has 0 spiro atoms. The van der Waals surface area contributed by atoms with Crippen molar-refractivity contribution in [3.05, 3.63) is 29.6 Å². The van der Waals surface area contributed by atoms with Crippen LogP contribution in [0.4, 0.5) is 10.1 Å². The molecule has 1 unspecified atom stereocenters. The number of nitrogens with zero attached hydrogens (tertiary/aromatic N) is 2. The number of likely N-dealkylation sites (N-methyl/N-ethyl adjacent to an activating group) is 1. The van der Waals surface area contributed by atoms with Crippen LogP contribution in [0.1, 0.15) is 26.3 Å². The average molecular weight is 279 g/mol. The Bertz CT molecular complexity index is 436. The summed E-state index contributed by atoms with van der Waals surface area (Å²) in [4.78, 5) is 4.65. The Balaban J connectivity index is 2.19. The van der Waals surface area contributed by atoms with Crippen LogP contribution in [0, 0.1) is 5.82 Å². The molecular weight excluding hydrogens is 253 g/mol. The molecular formula is C16H26FN3. The van der Waals surface area contributed by atoms with Crippen molar-refractivity contribution in [2.45, 2.75) is 33.4 Å². The van der Waals surface area contributed by atoms with Crippen LogP contribution in [0.25, 0.3) is 0 Å². The Hall–Kier alpha value is -1.13. The topological polar surface area (TPSA) is 18.5 Å². The maximum Gasteiger partial charge on any atom is 0.146 e. The predicted molar refractivity (Wildman–Crippen MR) is 82.7 cm³/mol. The van der Waals surface area contributed by atoms with E-state index < -0.39 is 0 Å². The molecule has 1 aliphatic heterocycles. The average Bonchev–Trinajstić information content (AvgIpc) is 2.45. The third kappa shape index (κ3) is 3.30. The monoisotopic (exact) mass is 279 g/mol. The van der Waals surface area contributed by atoms with Gasteiger partial charge in [0.1, 0.15) is 5.82 Å². The summed E-state index contributed by atoms with van der Waals surface area (Å²) in [6.07, 6.45) is 0. The lowest BCUT2D eigenvalue weighted by molar-refractivity contribution is 0.199. The highest BCUT2D eigenvalue weighted by Crippen LogP contribution is 2.27. The minimum Gasteiger partial charge on any atom is -0.366 e. The molecule has 1 aromatic rings. The zero-order chi connectivity index (χ0) is 14.5. The van der Waals surface area contributed by atoms with Crippen LogP contribution in [0.5, 0.6) is 0 Å². The van der Waals surface area contributed by atoms with Gasteiger partial charge in [-0.25, -0.2) is 4.39 Å². The molecule has 1 atom stereocenters. The number of anilines is 1. The third-order valence-corrected chi connectivity index (χ3v) is 4.12. The number of rotatable bonds is 5. The van der Waals surface area contributed by atoms with Gasteiger partial charge in [-0.1, -0.05) is 26.0 Å². The van der Waals surface area contributed by atoms with Crippen LogP contribution >= 0.6 is 0 Å². The number of benzene rings is 1. The molecule has 1 heterocycles. The normalized spacial score (nSPS) is 20.4. The molecule has 0 aromatic heterocycles. The Morgan fingerprint density at radius 2 is 2.10 bits per heavy atom. The van der Waals surface area contributed by atoms with E-state index in [1.54, 1.807) is 12.1 Å². The lowest BCUT2D eigenvalue weighted by Crippen LogP contribution is -2.52. The molecule has 0 aliphatic carbocycles. The largest absolute Gasteiger partial charge is 0.366 e. The second-order valence-electron chi connectivity index (χ2n) is 5.45. The maximum atomic E-state index is 14.3. The number of piperazine rings is 1. The second kappa shape index (κ2) is 7.04. The van der Waals surface area contributed by atoms with Crippen LogP contribution in [0.15, 0.2) is 18.2 Å². The summed E-state index contributed by atoms with van der Waals surface area (Å²) in [6, 6.07) is 5.87. The van der Waals surface area contributed by atoms with Gasteiger partial charge in [0.2, 0.25) is 0 Å². The predicted octanol–water partition coefficient (Wildman–Crippen LogP) is 2.47. The molecule has 20 heavy (non-hydrogen) atoms. The Morgan fingerprint density at radius 1 is 1.30 bits per heavy atom. The van der Waals surface area contributed by atoms with Crippen LogP contribution in [-0.2, 0) is 6.54 Å². The fourth-order valence-corrected chi connectivity index (χ4v) is 2.98. The molecule has 2 rings (SSSR count). The first kappa shape index (κ1) is 15.3. The molecule has 1 N–H and O–H groups in total. The van der Waals surface area contributed by atoms with Crippen molar-refractivity contribution in [3.63, 3.8) is 0 Å². The number of para-hydroxylation sites is 1. The van der Waals surface area contributed by atoms with E-state index in [0.29, 0.717) is 6.04 Å². The smallest absolute Gasteiger partial charge is 0.146 e. The Morgan fingerprint density at radius 3 is 2.75 bits per heavy atom. The molecule has 1 aliphatic rings. The van der Waals surface area contributed by atoms with Crippen molar-refractivity contribution < 1.29 is 4.39 Å². The molecule has 1 saturated heterocycles. The van der Waals surface area contributed by atoms with E-state index in [4.69, 9.17) is 0 Å². The SMILES string of the molecule is CCNCc1cccc(F)c1N1CCN(CC)C(C)C1. The molecule has 1 aromatic carbocycles. The summed E-state index contributed by atoms with van der Waals surface area (Å²) >= 11 is 0. The van der Waals surface area contributed by atoms with Gasteiger partial charge < -0.3 is 10.2 Å². The zero-order valence-electron chi connectivity index (χ0n) is 12.8. The van der Waals surface area contributed by atoms with Crippen LogP contribution in [-0.4, -0.2) is 43.7 Å². The first-order valence-electron chi connectivity index (χ1n) is 7.64. The summed E-state index contributed by atoms with van der Waals surface area (Å²) in [5.41, 5.74) is 1.85. The highest BCUT2D eigenvalue weighted by molar-refractivity contribution is 5.55. The lowest BCUT2D eigenvalue weighted by Gasteiger charge is -2.41. The Kier molecular flexibility index (Phi) is 5.38. The first-order valence-corrected chi connectivity index (χ1v) is 7.64. The van der Waals surface area contributed by atoms with E-state index in [1.807, 2.05) is 6.07 Å². The van der Waals surface area contributed by atoms with E-state index in [9.17, 15) is 4.39 Å². The fourth-order valence-electron chi connectivity index (χ4n) is 2.98. The molecule has 0 saturated carbocycles. The van der Waals surface area contributed by atoms with Gasteiger partial charge >= 0.3 is 0 Å². The van der Waals surface area contributed by atoms with Crippen molar-refractivity contribution in [2.75, 3.05) is 37.6 Å². The van der Waals surface area contributed by atoms with Gasteiger partial charge in [0.05, 0.1) is 5.69 Å². The highest BCUT2D eigenvalue weighted by Gasteiger charge is 2.25. The summed E-state index contributed by atoms with van der Waals surface area (Å²) in [6.45, 7) is 12.0. The fraction of sp³-hybridized carbons (Fsp3) is 0.625.